The van der Waals surface area contributed by atoms with Gasteiger partial charge in [0.1, 0.15) is 5.82 Å². The lowest BCUT2D eigenvalue weighted by Crippen LogP contribution is -2.14. The van der Waals surface area contributed by atoms with E-state index in [1.807, 2.05) is 0 Å². The zero-order valence-corrected chi connectivity index (χ0v) is 10.7. The van der Waals surface area contributed by atoms with E-state index in [1.165, 1.54) is 27.9 Å². The van der Waals surface area contributed by atoms with Gasteiger partial charge in [-0.15, -0.1) is 11.3 Å². The molecular weight excluding hydrogens is 265 g/mol. The number of nitrogens with one attached hydrogen (secondary N) is 1. The molecule has 0 saturated carbocycles. The van der Waals surface area contributed by atoms with Gasteiger partial charge in [-0.25, -0.2) is 9.37 Å². The number of aromatic nitrogens is 2. The number of anilines is 1. The molecule has 4 nitrogen and oxygen atoms in total. The molecule has 0 amide bonds. The van der Waals surface area contributed by atoms with Gasteiger partial charge >= 0.3 is 0 Å². The maximum absolute atomic E-state index is 13.4. The highest BCUT2D eigenvalue weighted by atomic mass is 32.1. The maximum atomic E-state index is 13.4. The zero-order chi connectivity index (χ0) is 13.2. The molecule has 1 N–H and O–H groups in total. The van der Waals surface area contributed by atoms with E-state index in [0.29, 0.717) is 22.9 Å². The molecule has 0 aliphatic carbocycles. The lowest BCUT2D eigenvalue weighted by molar-refractivity contribution is 0.630. The fourth-order valence-corrected chi connectivity index (χ4v) is 2.51. The molecule has 6 heteroatoms. The Hall–Kier alpha value is -2.21. The van der Waals surface area contributed by atoms with Gasteiger partial charge in [0.2, 0.25) is 0 Å². The normalized spacial score (nSPS) is 10.8. The summed E-state index contributed by atoms with van der Waals surface area (Å²) in [5.74, 6) is -0.323. The Morgan fingerprint density at radius 3 is 3.05 bits per heavy atom. The number of nitrogens with zero attached hydrogens (tertiary/aromatic N) is 2. The van der Waals surface area contributed by atoms with Gasteiger partial charge in [-0.2, -0.15) is 0 Å². The Kier molecular flexibility index (Phi) is 3.00. The van der Waals surface area contributed by atoms with Crippen molar-refractivity contribution < 1.29 is 4.39 Å². The van der Waals surface area contributed by atoms with E-state index in [4.69, 9.17) is 0 Å². The summed E-state index contributed by atoms with van der Waals surface area (Å²) in [6, 6.07) is 7.85. The summed E-state index contributed by atoms with van der Waals surface area (Å²) in [5, 5.41) is 4.74. The molecule has 0 spiro atoms. The van der Waals surface area contributed by atoms with Crippen molar-refractivity contribution in [1.29, 1.82) is 0 Å². The van der Waals surface area contributed by atoms with Crippen LogP contribution in [0.5, 0.6) is 0 Å². The van der Waals surface area contributed by atoms with Gasteiger partial charge < -0.3 is 5.32 Å². The molecule has 0 atom stereocenters. The summed E-state index contributed by atoms with van der Waals surface area (Å²) in [5.41, 5.74) is 0.864. The Morgan fingerprint density at radius 1 is 1.37 bits per heavy atom. The van der Waals surface area contributed by atoms with E-state index in [1.54, 1.807) is 29.8 Å². The van der Waals surface area contributed by atoms with Gasteiger partial charge in [0.15, 0.2) is 4.96 Å². The van der Waals surface area contributed by atoms with Crippen molar-refractivity contribution in [2.45, 2.75) is 6.54 Å². The molecule has 0 aliphatic rings. The van der Waals surface area contributed by atoms with Crippen LogP contribution in [-0.2, 0) is 6.54 Å². The summed E-state index contributed by atoms with van der Waals surface area (Å²) >= 11 is 1.39. The van der Waals surface area contributed by atoms with Crippen molar-refractivity contribution in [2.24, 2.45) is 0 Å². The van der Waals surface area contributed by atoms with E-state index in [0.717, 1.165) is 0 Å². The number of halogens is 1. The first-order chi connectivity index (χ1) is 9.24. The predicted octanol–water partition coefficient (Wildman–Crippen LogP) is 2.51. The standard InChI is InChI=1S/C13H10FN3OS/c14-10-3-1-2-4-11(10)15-8-9-7-12(18)17-5-6-19-13(17)16-9/h1-7,15H,8H2. The average molecular weight is 275 g/mol. The molecule has 0 aliphatic heterocycles. The Labute approximate surface area is 112 Å². The summed E-state index contributed by atoms with van der Waals surface area (Å²) in [4.78, 5) is 16.7. The largest absolute Gasteiger partial charge is 0.377 e. The van der Waals surface area contributed by atoms with E-state index >= 15 is 0 Å². The molecular formula is C13H10FN3OS. The number of thiazole rings is 1. The van der Waals surface area contributed by atoms with E-state index in [-0.39, 0.29) is 11.4 Å². The van der Waals surface area contributed by atoms with Crippen molar-refractivity contribution in [3.8, 4) is 0 Å². The van der Waals surface area contributed by atoms with Crippen molar-refractivity contribution >= 4 is 22.0 Å². The van der Waals surface area contributed by atoms with E-state index < -0.39 is 0 Å². The van der Waals surface area contributed by atoms with Crippen LogP contribution in [0, 0.1) is 5.82 Å². The van der Waals surface area contributed by atoms with Gasteiger partial charge in [-0.1, -0.05) is 12.1 Å². The number of benzene rings is 1. The number of hydrogen-bond acceptors (Lipinski definition) is 4. The van der Waals surface area contributed by atoms with Crippen LogP contribution in [0.25, 0.3) is 4.96 Å². The highest BCUT2D eigenvalue weighted by molar-refractivity contribution is 7.15. The van der Waals surface area contributed by atoms with Crippen LogP contribution < -0.4 is 10.9 Å². The third-order valence-corrected chi connectivity index (χ3v) is 3.45. The molecule has 96 valence electrons. The first-order valence-corrected chi connectivity index (χ1v) is 6.56. The summed E-state index contributed by atoms with van der Waals surface area (Å²) in [6.45, 7) is 0.310. The molecule has 1 aromatic carbocycles. The van der Waals surface area contributed by atoms with Crippen molar-refractivity contribution in [2.75, 3.05) is 5.32 Å². The number of para-hydroxylation sites is 1. The molecule has 3 aromatic rings. The minimum atomic E-state index is -0.323. The van der Waals surface area contributed by atoms with Gasteiger partial charge in [-0.3, -0.25) is 9.20 Å². The van der Waals surface area contributed by atoms with Crippen molar-refractivity contribution in [3.05, 3.63) is 63.8 Å². The first-order valence-electron chi connectivity index (χ1n) is 5.68. The molecule has 19 heavy (non-hydrogen) atoms. The second kappa shape index (κ2) is 4.81. The molecule has 2 heterocycles. The Balaban J connectivity index is 1.86. The topological polar surface area (TPSA) is 46.4 Å². The van der Waals surface area contributed by atoms with Crippen LogP contribution in [0.2, 0.25) is 0 Å². The number of fused-ring (bicyclic) bond motifs is 1. The van der Waals surface area contributed by atoms with Gasteiger partial charge in [-0.05, 0) is 12.1 Å². The number of rotatable bonds is 3. The lowest BCUT2D eigenvalue weighted by Gasteiger charge is -2.06. The molecule has 2 aromatic heterocycles. The SMILES string of the molecule is O=c1cc(CNc2ccccc2F)nc2sccn12. The first kappa shape index (κ1) is 11.9. The third kappa shape index (κ3) is 2.34. The van der Waals surface area contributed by atoms with Crippen LogP contribution in [0.15, 0.2) is 46.7 Å². The monoisotopic (exact) mass is 275 g/mol. The Morgan fingerprint density at radius 2 is 2.21 bits per heavy atom. The van der Waals surface area contributed by atoms with Crippen LogP contribution >= 0.6 is 11.3 Å². The van der Waals surface area contributed by atoms with E-state index in [2.05, 4.69) is 10.3 Å². The summed E-state index contributed by atoms with van der Waals surface area (Å²) < 4.78 is 14.9. The van der Waals surface area contributed by atoms with Gasteiger partial charge in [0.05, 0.1) is 17.9 Å². The van der Waals surface area contributed by atoms with Gasteiger partial charge in [0, 0.05) is 17.6 Å². The highest BCUT2D eigenvalue weighted by Crippen LogP contribution is 2.13. The minimum Gasteiger partial charge on any atom is -0.377 e. The van der Waals surface area contributed by atoms with Crippen molar-refractivity contribution in [1.82, 2.24) is 9.38 Å². The van der Waals surface area contributed by atoms with Crippen LogP contribution in [-0.4, -0.2) is 9.38 Å². The highest BCUT2D eigenvalue weighted by Gasteiger charge is 2.04. The maximum Gasteiger partial charge on any atom is 0.258 e. The summed E-state index contributed by atoms with van der Waals surface area (Å²) in [7, 11) is 0. The third-order valence-electron chi connectivity index (χ3n) is 2.69. The summed E-state index contributed by atoms with van der Waals surface area (Å²) in [6.07, 6.45) is 1.68. The number of hydrogen-bond donors (Lipinski definition) is 1. The average Bonchev–Trinajstić information content (AvgIpc) is 2.87. The van der Waals surface area contributed by atoms with E-state index in [9.17, 15) is 9.18 Å². The molecule has 0 bridgehead atoms. The smallest absolute Gasteiger partial charge is 0.258 e. The molecule has 0 fully saturated rings. The fraction of sp³-hybridized carbons (Fsp3) is 0.0769. The fourth-order valence-electron chi connectivity index (χ4n) is 1.77. The van der Waals surface area contributed by atoms with Crippen LogP contribution in [0.4, 0.5) is 10.1 Å². The zero-order valence-electron chi connectivity index (χ0n) is 9.84. The van der Waals surface area contributed by atoms with Gasteiger partial charge in [0.25, 0.3) is 5.56 Å². The van der Waals surface area contributed by atoms with Crippen LogP contribution in [0.3, 0.4) is 0 Å². The second-order valence-corrected chi connectivity index (χ2v) is 4.85. The molecule has 0 radical (unpaired) electrons. The molecule has 3 rings (SSSR count). The predicted molar refractivity (Wildman–Crippen MR) is 73.1 cm³/mol. The second-order valence-electron chi connectivity index (χ2n) is 3.97. The molecule has 0 saturated heterocycles. The molecule has 0 unspecified atom stereocenters. The lowest BCUT2D eigenvalue weighted by atomic mass is 10.3. The Bertz CT molecular complexity index is 781. The quantitative estimate of drug-likeness (QED) is 0.799. The van der Waals surface area contributed by atoms with Crippen LogP contribution in [0.1, 0.15) is 5.69 Å². The van der Waals surface area contributed by atoms with Crippen molar-refractivity contribution in [3.63, 3.8) is 0 Å². The minimum absolute atomic E-state index is 0.128.